The summed E-state index contributed by atoms with van der Waals surface area (Å²) in [6, 6.07) is 13.9. The van der Waals surface area contributed by atoms with Gasteiger partial charge in [0.2, 0.25) is 0 Å². The summed E-state index contributed by atoms with van der Waals surface area (Å²) in [5, 5.41) is 9.50. The van der Waals surface area contributed by atoms with Gasteiger partial charge >= 0.3 is 18.0 Å². The summed E-state index contributed by atoms with van der Waals surface area (Å²) in [4.78, 5) is 37.8. The van der Waals surface area contributed by atoms with Gasteiger partial charge in [0.25, 0.3) is 0 Å². The maximum Gasteiger partial charge on any atom is 0.411 e. The molecular formula is C23H23NO6. The van der Waals surface area contributed by atoms with Gasteiger partial charge in [-0.15, -0.1) is 0 Å². The van der Waals surface area contributed by atoms with Crippen molar-refractivity contribution in [1.82, 2.24) is 4.90 Å². The zero-order valence-corrected chi connectivity index (χ0v) is 16.6. The fourth-order valence-corrected chi connectivity index (χ4v) is 4.45. The number of nitrogens with zero attached hydrogens (tertiary/aromatic N) is 1. The zero-order chi connectivity index (χ0) is 21.3. The number of benzene rings is 2. The number of amides is 1. The smallest absolute Gasteiger partial charge is 0.411 e. The second-order valence-corrected chi connectivity index (χ2v) is 7.41. The summed E-state index contributed by atoms with van der Waals surface area (Å²) in [5.74, 6) is -1.90. The SMILES string of the molecule is CCOC(=O)[C@H]1CC[C@H](C(=O)O)N1C(=O)OCC1c2ccccc2-c2ccccc21. The van der Waals surface area contributed by atoms with Crippen LogP contribution in [0.1, 0.15) is 36.8 Å². The monoisotopic (exact) mass is 409 g/mol. The molecule has 2 aromatic rings. The lowest BCUT2D eigenvalue weighted by molar-refractivity contribution is -0.150. The van der Waals surface area contributed by atoms with Gasteiger partial charge in [0.15, 0.2) is 0 Å². The summed E-state index contributed by atoms with van der Waals surface area (Å²) in [6.45, 7) is 1.88. The van der Waals surface area contributed by atoms with Crippen molar-refractivity contribution in [3.63, 3.8) is 0 Å². The van der Waals surface area contributed by atoms with E-state index >= 15 is 0 Å². The van der Waals surface area contributed by atoms with E-state index in [1.807, 2.05) is 48.5 Å². The van der Waals surface area contributed by atoms with Crippen LogP contribution < -0.4 is 0 Å². The van der Waals surface area contributed by atoms with Gasteiger partial charge in [-0.05, 0) is 42.0 Å². The molecule has 0 saturated carbocycles. The zero-order valence-electron chi connectivity index (χ0n) is 16.6. The maximum atomic E-state index is 12.9. The highest BCUT2D eigenvalue weighted by Gasteiger charge is 2.46. The first-order chi connectivity index (χ1) is 14.5. The average Bonchev–Trinajstić information content (AvgIpc) is 3.33. The van der Waals surface area contributed by atoms with E-state index in [4.69, 9.17) is 9.47 Å². The molecule has 156 valence electrons. The summed E-state index contributed by atoms with van der Waals surface area (Å²) < 4.78 is 10.6. The second-order valence-electron chi connectivity index (χ2n) is 7.41. The third-order valence-electron chi connectivity index (χ3n) is 5.78. The minimum Gasteiger partial charge on any atom is -0.480 e. The first-order valence-electron chi connectivity index (χ1n) is 10.1. The molecule has 1 aliphatic carbocycles. The highest BCUT2D eigenvalue weighted by Crippen LogP contribution is 2.44. The van der Waals surface area contributed by atoms with Gasteiger partial charge in [0, 0.05) is 5.92 Å². The Morgan fingerprint density at radius 3 is 2.07 bits per heavy atom. The van der Waals surface area contributed by atoms with Gasteiger partial charge < -0.3 is 14.6 Å². The highest BCUT2D eigenvalue weighted by molar-refractivity contribution is 5.87. The molecule has 1 fully saturated rings. The van der Waals surface area contributed by atoms with E-state index in [1.54, 1.807) is 6.92 Å². The molecule has 0 aromatic heterocycles. The summed E-state index contributed by atoms with van der Waals surface area (Å²) in [6.07, 6.45) is -0.386. The fraction of sp³-hybridized carbons (Fsp3) is 0.348. The summed E-state index contributed by atoms with van der Waals surface area (Å²) >= 11 is 0. The number of rotatable bonds is 5. The molecule has 1 heterocycles. The van der Waals surface area contributed by atoms with Gasteiger partial charge in [0.05, 0.1) is 6.61 Å². The third-order valence-corrected chi connectivity index (χ3v) is 5.78. The molecule has 1 aliphatic heterocycles. The molecule has 1 saturated heterocycles. The molecule has 2 aliphatic rings. The lowest BCUT2D eigenvalue weighted by atomic mass is 9.98. The number of fused-ring (bicyclic) bond motifs is 3. The van der Waals surface area contributed by atoms with E-state index in [0.717, 1.165) is 27.2 Å². The fourth-order valence-electron chi connectivity index (χ4n) is 4.45. The number of ether oxygens (including phenoxy) is 2. The van der Waals surface area contributed by atoms with Gasteiger partial charge in [-0.1, -0.05) is 48.5 Å². The van der Waals surface area contributed by atoms with Crippen molar-refractivity contribution in [2.75, 3.05) is 13.2 Å². The molecule has 0 spiro atoms. The average molecular weight is 409 g/mol. The number of carbonyl (C=O) groups is 3. The molecule has 1 amide bonds. The molecule has 7 heteroatoms. The first-order valence-corrected chi connectivity index (χ1v) is 10.1. The van der Waals surface area contributed by atoms with Crippen LogP contribution in [-0.2, 0) is 19.1 Å². The third kappa shape index (κ3) is 3.40. The van der Waals surface area contributed by atoms with Crippen molar-refractivity contribution in [2.45, 2.75) is 37.8 Å². The Balaban J connectivity index is 1.55. The van der Waals surface area contributed by atoms with Crippen molar-refractivity contribution < 1.29 is 29.0 Å². The Morgan fingerprint density at radius 2 is 1.50 bits per heavy atom. The predicted octanol–water partition coefficient (Wildman–Crippen LogP) is 3.42. The van der Waals surface area contributed by atoms with Crippen molar-refractivity contribution in [3.05, 3.63) is 59.7 Å². The van der Waals surface area contributed by atoms with E-state index in [1.165, 1.54) is 0 Å². The van der Waals surface area contributed by atoms with Gasteiger partial charge in [-0.3, -0.25) is 4.90 Å². The maximum absolute atomic E-state index is 12.9. The van der Waals surface area contributed by atoms with E-state index in [0.29, 0.717) is 0 Å². The standard InChI is InChI=1S/C23H23NO6/c1-2-29-22(27)20-12-11-19(21(25)26)24(20)23(28)30-13-18-16-9-5-3-7-14(16)15-8-4-6-10-17(15)18/h3-10,18-20H,2,11-13H2,1H3,(H,25,26)/t19-,20-/m1/s1. The van der Waals surface area contributed by atoms with E-state index < -0.39 is 30.1 Å². The Hall–Kier alpha value is -3.35. The predicted molar refractivity (Wildman–Crippen MR) is 108 cm³/mol. The van der Waals surface area contributed by atoms with Crippen LogP contribution in [0.25, 0.3) is 11.1 Å². The quantitative estimate of drug-likeness (QED) is 0.761. The Bertz CT molecular complexity index is 942. The number of hydrogen-bond acceptors (Lipinski definition) is 5. The number of carboxylic acid groups (broad SMARTS) is 1. The van der Waals surface area contributed by atoms with Crippen LogP contribution in [-0.4, -0.2) is 53.3 Å². The number of esters is 1. The van der Waals surface area contributed by atoms with Crippen molar-refractivity contribution in [1.29, 1.82) is 0 Å². The second kappa shape index (κ2) is 8.18. The van der Waals surface area contributed by atoms with Crippen LogP contribution in [0.5, 0.6) is 0 Å². The molecule has 30 heavy (non-hydrogen) atoms. The normalized spacial score (nSPS) is 19.8. The van der Waals surface area contributed by atoms with Crippen LogP contribution in [0.2, 0.25) is 0 Å². The van der Waals surface area contributed by atoms with Gasteiger partial charge in [0.1, 0.15) is 18.7 Å². The van der Waals surface area contributed by atoms with E-state index in [2.05, 4.69) is 0 Å². The minimum absolute atomic E-state index is 0.0608. The van der Waals surface area contributed by atoms with Gasteiger partial charge in [-0.2, -0.15) is 0 Å². The number of hydrogen-bond donors (Lipinski definition) is 1. The largest absolute Gasteiger partial charge is 0.480 e. The Labute approximate surface area is 174 Å². The molecule has 2 aromatic carbocycles. The molecule has 4 rings (SSSR count). The number of likely N-dealkylation sites (tertiary alicyclic amines) is 1. The number of carbonyl (C=O) groups excluding carboxylic acids is 2. The highest BCUT2D eigenvalue weighted by atomic mass is 16.6. The molecule has 0 bridgehead atoms. The molecule has 1 N–H and O–H groups in total. The topological polar surface area (TPSA) is 93.1 Å². The Morgan fingerprint density at radius 1 is 0.933 bits per heavy atom. The number of carboxylic acids is 1. The van der Waals surface area contributed by atoms with Gasteiger partial charge in [-0.25, -0.2) is 14.4 Å². The van der Waals surface area contributed by atoms with Crippen molar-refractivity contribution in [2.24, 2.45) is 0 Å². The molecule has 0 radical (unpaired) electrons. The van der Waals surface area contributed by atoms with E-state index in [9.17, 15) is 19.5 Å². The Kier molecular flexibility index (Phi) is 5.44. The number of aliphatic carboxylic acids is 1. The van der Waals surface area contributed by atoms with Crippen LogP contribution in [0.15, 0.2) is 48.5 Å². The van der Waals surface area contributed by atoms with Crippen molar-refractivity contribution in [3.8, 4) is 11.1 Å². The summed E-state index contributed by atoms with van der Waals surface area (Å²) in [5.41, 5.74) is 4.32. The van der Waals surface area contributed by atoms with E-state index in [-0.39, 0.29) is 32.0 Å². The van der Waals surface area contributed by atoms with Crippen molar-refractivity contribution >= 4 is 18.0 Å². The van der Waals surface area contributed by atoms with Crippen LogP contribution in [0, 0.1) is 0 Å². The molecule has 0 unspecified atom stereocenters. The first kappa shape index (κ1) is 19.9. The van der Waals surface area contributed by atoms with Crippen LogP contribution in [0.3, 0.4) is 0 Å². The van der Waals surface area contributed by atoms with Crippen LogP contribution >= 0.6 is 0 Å². The van der Waals surface area contributed by atoms with Crippen LogP contribution in [0.4, 0.5) is 4.79 Å². The molecule has 2 atom stereocenters. The lowest BCUT2D eigenvalue weighted by Crippen LogP contribution is -2.48. The molecule has 7 nitrogen and oxygen atoms in total. The lowest BCUT2D eigenvalue weighted by Gasteiger charge is -2.27. The molecular weight excluding hydrogens is 386 g/mol. The summed E-state index contributed by atoms with van der Waals surface area (Å²) in [7, 11) is 0. The minimum atomic E-state index is -1.16.